The summed E-state index contributed by atoms with van der Waals surface area (Å²) in [6, 6.07) is 11.6. The van der Waals surface area contributed by atoms with E-state index < -0.39 is 17.0 Å². The number of benzene rings is 2. The lowest BCUT2D eigenvalue weighted by molar-refractivity contribution is -0.123. The monoisotopic (exact) mass is 331 g/mol. The number of halogens is 2. The van der Waals surface area contributed by atoms with Crippen molar-refractivity contribution >= 4 is 29.0 Å². The number of nitrogens with zero attached hydrogens (tertiary/aromatic N) is 1. The zero-order chi connectivity index (χ0) is 16.4. The summed E-state index contributed by atoms with van der Waals surface area (Å²) in [7, 11) is 0. The topological polar surface area (TPSA) is 37.4 Å². The van der Waals surface area contributed by atoms with Gasteiger partial charge in [-0.1, -0.05) is 30.3 Å². The third-order valence-corrected chi connectivity index (χ3v) is 4.24. The van der Waals surface area contributed by atoms with Crippen molar-refractivity contribution in [3.8, 4) is 0 Å². The number of carbonyl (C=O) groups excluding carboxylic acids is 2. The van der Waals surface area contributed by atoms with Crippen LogP contribution in [-0.4, -0.2) is 16.0 Å². The van der Waals surface area contributed by atoms with E-state index in [-0.39, 0.29) is 22.8 Å². The van der Waals surface area contributed by atoms with Crippen molar-refractivity contribution in [2.75, 3.05) is 0 Å². The maximum atomic E-state index is 13.7. The highest BCUT2D eigenvalue weighted by Gasteiger charge is 2.35. The summed E-state index contributed by atoms with van der Waals surface area (Å²) in [5.74, 6) is -1.32. The molecule has 3 nitrogen and oxygen atoms in total. The van der Waals surface area contributed by atoms with Crippen molar-refractivity contribution in [3.05, 3.63) is 76.2 Å². The molecule has 23 heavy (non-hydrogen) atoms. The van der Waals surface area contributed by atoms with Gasteiger partial charge in [0.2, 0.25) is 0 Å². The third-order valence-electron chi connectivity index (χ3n) is 3.33. The highest BCUT2D eigenvalue weighted by molar-refractivity contribution is 8.18. The first kappa shape index (κ1) is 15.4. The maximum absolute atomic E-state index is 13.7. The van der Waals surface area contributed by atoms with E-state index in [1.54, 1.807) is 12.1 Å². The summed E-state index contributed by atoms with van der Waals surface area (Å²) in [5.41, 5.74) is 0.889. The van der Waals surface area contributed by atoms with Crippen LogP contribution in [-0.2, 0) is 11.3 Å². The highest BCUT2D eigenvalue weighted by atomic mass is 32.2. The maximum Gasteiger partial charge on any atom is 0.293 e. The number of carbonyl (C=O) groups is 2. The molecule has 0 radical (unpaired) electrons. The summed E-state index contributed by atoms with van der Waals surface area (Å²) in [6.45, 7) is -0.113. The molecule has 0 unspecified atom stereocenters. The van der Waals surface area contributed by atoms with Crippen LogP contribution in [0.1, 0.15) is 11.1 Å². The molecule has 2 amide bonds. The van der Waals surface area contributed by atoms with Gasteiger partial charge in [0.1, 0.15) is 11.6 Å². The number of rotatable bonds is 3. The molecule has 0 N–H and O–H groups in total. The minimum absolute atomic E-state index is 0.113. The van der Waals surface area contributed by atoms with Gasteiger partial charge in [-0.25, -0.2) is 8.78 Å². The van der Waals surface area contributed by atoms with E-state index >= 15 is 0 Å². The Balaban J connectivity index is 1.82. The first-order valence-electron chi connectivity index (χ1n) is 6.79. The summed E-state index contributed by atoms with van der Waals surface area (Å²) < 4.78 is 26.6. The normalized spacial score (nSPS) is 16.4. The van der Waals surface area contributed by atoms with Gasteiger partial charge in [0.15, 0.2) is 0 Å². The van der Waals surface area contributed by atoms with Crippen LogP contribution in [0.5, 0.6) is 0 Å². The number of imide groups is 1. The van der Waals surface area contributed by atoms with Gasteiger partial charge in [-0.15, -0.1) is 0 Å². The molecule has 1 aliphatic rings. The number of hydrogen-bond acceptors (Lipinski definition) is 3. The molecule has 0 aromatic heterocycles. The molecule has 1 saturated heterocycles. The zero-order valence-electron chi connectivity index (χ0n) is 11.8. The molecule has 0 spiro atoms. The van der Waals surface area contributed by atoms with Gasteiger partial charge in [0, 0.05) is 5.56 Å². The average Bonchev–Trinajstić information content (AvgIpc) is 2.79. The Morgan fingerprint density at radius 3 is 2.39 bits per heavy atom. The molecular weight excluding hydrogens is 320 g/mol. The molecular formula is C17H11F2NO2S. The lowest BCUT2D eigenvalue weighted by Crippen LogP contribution is -2.27. The second-order valence-corrected chi connectivity index (χ2v) is 5.90. The van der Waals surface area contributed by atoms with Crippen LogP contribution >= 0.6 is 11.8 Å². The second kappa shape index (κ2) is 6.34. The van der Waals surface area contributed by atoms with Gasteiger partial charge in [-0.3, -0.25) is 14.5 Å². The van der Waals surface area contributed by atoms with Crippen LogP contribution in [0.25, 0.3) is 6.08 Å². The van der Waals surface area contributed by atoms with Crippen molar-refractivity contribution < 1.29 is 18.4 Å². The van der Waals surface area contributed by atoms with E-state index in [1.807, 2.05) is 0 Å². The lowest BCUT2D eigenvalue weighted by Gasteiger charge is -2.12. The van der Waals surface area contributed by atoms with Gasteiger partial charge in [0.05, 0.1) is 11.4 Å². The van der Waals surface area contributed by atoms with Gasteiger partial charge in [-0.05, 0) is 41.6 Å². The van der Waals surface area contributed by atoms with Crippen LogP contribution < -0.4 is 0 Å². The Bertz CT molecular complexity index is 802. The van der Waals surface area contributed by atoms with Gasteiger partial charge in [0.25, 0.3) is 11.1 Å². The predicted octanol–water partition coefficient (Wildman–Crippen LogP) is 4.20. The van der Waals surface area contributed by atoms with Gasteiger partial charge in [-0.2, -0.15) is 0 Å². The Morgan fingerprint density at radius 1 is 1.00 bits per heavy atom. The Hall–Kier alpha value is -2.47. The SMILES string of the molecule is O=C1SC(=Cc2ccc(F)cc2)C(=O)N1Cc1ccccc1F. The molecule has 0 saturated carbocycles. The number of thioether (sulfide) groups is 1. The first-order valence-corrected chi connectivity index (χ1v) is 7.60. The molecule has 1 fully saturated rings. The fourth-order valence-corrected chi connectivity index (χ4v) is 2.98. The van der Waals surface area contributed by atoms with Crippen LogP contribution in [0.2, 0.25) is 0 Å². The van der Waals surface area contributed by atoms with Gasteiger partial charge < -0.3 is 0 Å². The molecule has 1 heterocycles. The quantitative estimate of drug-likeness (QED) is 0.791. The predicted molar refractivity (Wildman–Crippen MR) is 84.3 cm³/mol. The Morgan fingerprint density at radius 2 is 1.70 bits per heavy atom. The average molecular weight is 331 g/mol. The zero-order valence-corrected chi connectivity index (χ0v) is 12.6. The van der Waals surface area contributed by atoms with Crippen molar-refractivity contribution in [2.45, 2.75) is 6.54 Å². The summed E-state index contributed by atoms with van der Waals surface area (Å²) >= 11 is 0.788. The van der Waals surface area contributed by atoms with E-state index in [1.165, 1.54) is 42.5 Å². The molecule has 2 aromatic rings. The minimum Gasteiger partial charge on any atom is -0.268 e. The standard InChI is InChI=1S/C17H11F2NO2S/c18-13-7-5-11(6-8-13)9-15-16(21)20(17(22)23-15)10-12-3-1-2-4-14(12)19/h1-9H,10H2. The molecule has 0 atom stereocenters. The molecule has 2 aromatic carbocycles. The van der Waals surface area contributed by atoms with Crippen LogP contribution in [0.3, 0.4) is 0 Å². The van der Waals surface area contributed by atoms with Crippen LogP contribution in [0.4, 0.5) is 13.6 Å². The third kappa shape index (κ3) is 3.32. The second-order valence-electron chi connectivity index (χ2n) is 4.91. The van der Waals surface area contributed by atoms with Crippen molar-refractivity contribution in [2.24, 2.45) is 0 Å². The van der Waals surface area contributed by atoms with E-state index in [0.717, 1.165) is 16.7 Å². The molecule has 0 bridgehead atoms. The molecule has 0 aliphatic carbocycles. The number of amides is 2. The minimum atomic E-state index is -0.479. The van der Waals surface area contributed by atoms with Crippen LogP contribution in [0.15, 0.2) is 53.4 Å². The van der Waals surface area contributed by atoms with E-state index in [0.29, 0.717) is 5.56 Å². The summed E-state index contributed by atoms with van der Waals surface area (Å²) in [4.78, 5) is 25.6. The fourth-order valence-electron chi connectivity index (χ4n) is 2.14. The Kier molecular flexibility index (Phi) is 4.25. The molecule has 6 heteroatoms. The molecule has 3 rings (SSSR count). The van der Waals surface area contributed by atoms with Crippen LogP contribution in [0, 0.1) is 11.6 Å². The summed E-state index contributed by atoms with van der Waals surface area (Å²) in [6.07, 6.45) is 1.52. The Labute approximate surface area is 135 Å². The summed E-state index contributed by atoms with van der Waals surface area (Å²) in [5, 5.41) is -0.452. The van der Waals surface area contributed by atoms with E-state index in [4.69, 9.17) is 0 Å². The highest BCUT2D eigenvalue weighted by Crippen LogP contribution is 2.33. The van der Waals surface area contributed by atoms with Crippen molar-refractivity contribution in [1.29, 1.82) is 0 Å². The molecule has 1 aliphatic heterocycles. The smallest absolute Gasteiger partial charge is 0.268 e. The van der Waals surface area contributed by atoms with E-state index in [2.05, 4.69) is 0 Å². The fraction of sp³-hybridized carbons (Fsp3) is 0.0588. The largest absolute Gasteiger partial charge is 0.293 e. The van der Waals surface area contributed by atoms with Crippen molar-refractivity contribution in [1.82, 2.24) is 4.90 Å². The van der Waals surface area contributed by atoms with E-state index in [9.17, 15) is 18.4 Å². The van der Waals surface area contributed by atoms with Crippen molar-refractivity contribution in [3.63, 3.8) is 0 Å². The molecule has 116 valence electrons. The first-order chi connectivity index (χ1) is 11.0. The van der Waals surface area contributed by atoms with Gasteiger partial charge >= 0.3 is 0 Å². The lowest BCUT2D eigenvalue weighted by atomic mass is 10.2. The number of hydrogen-bond donors (Lipinski definition) is 0.